The molecule has 0 spiro atoms. The van der Waals surface area contributed by atoms with Crippen molar-refractivity contribution in [3.63, 3.8) is 0 Å². The number of rotatable bonds is 5. The van der Waals surface area contributed by atoms with E-state index in [9.17, 15) is 5.11 Å². The van der Waals surface area contributed by atoms with Crippen molar-refractivity contribution >= 4 is 11.6 Å². The molecule has 0 bridgehead atoms. The Hall–Kier alpha value is -1.56. The number of aliphatic hydroxyl groups excluding tert-OH is 1. The average molecular weight is 280 g/mol. The van der Waals surface area contributed by atoms with Crippen molar-refractivity contribution < 1.29 is 9.84 Å². The molecule has 1 heterocycles. The van der Waals surface area contributed by atoms with Crippen molar-refractivity contribution in [2.75, 3.05) is 31.4 Å². The van der Waals surface area contributed by atoms with Crippen LogP contribution in [-0.4, -0.2) is 41.4 Å². The van der Waals surface area contributed by atoms with E-state index in [1.54, 1.807) is 14.2 Å². The lowest BCUT2D eigenvalue weighted by Gasteiger charge is -2.40. The molecule has 20 heavy (non-hydrogen) atoms. The van der Waals surface area contributed by atoms with Gasteiger partial charge in [-0.3, -0.25) is 0 Å². The summed E-state index contributed by atoms with van der Waals surface area (Å²) in [5.74, 6) is 2.46. The largest absolute Gasteiger partial charge is 0.490 e. The van der Waals surface area contributed by atoms with Gasteiger partial charge in [0.1, 0.15) is 6.33 Å². The molecule has 6 nitrogen and oxygen atoms in total. The van der Waals surface area contributed by atoms with E-state index >= 15 is 0 Å². The predicted molar refractivity (Wildman–Crippen MR) is 79.2 cm³/mol. The van der Waals surface area contributed by atoms with Gasteiger partial charge in [0.25, 0.3) is 0 Å². The quantitative estimate of drug-likeness (QED) is 0.764. The van der Waals surface area contributed by atoms with Crippen LogP contribution in [0.2, 0.25) is 0 Å². The van der Waals surface area contributed by atoms with Gasteiger partial charge in [0.05, 0.1) is 19.3 Å². The van der Waals surface area contributed by atoms with Gasteiger partial charge in [0.15, 0.2) is 11.6 Å². The minimum atomic E-state index is -0.315. The maximum atomic E-state index is 9.85. The van der Waals surface area contributed by atoms with Crippen LogP contribution < -0.4 is 15.4 Å². The molecule has 1 saturated carbocycles. The summed E-state index contributed by atoms with van der Waals surface area (Å²) in [5, 5.41) is 16.2. The SMILES string of the molecule is CNc1ncnc(NC2(CO)CCCC(C)C2)c1OC. The number of nitrogens with one attached hydrogen (secondary N) is 2. The third kappa shape index (κ3) is 2.95. The van der Waals surface area contributed by atoms with Crippen LogP contribution in [-0.2, 0) is 0 Å². The second kappa shape index (κ2) is 6.26. The number of nitrogens with zero attached hydrogens (tertiary/aromatic N) is 2. The Morgan fingerprint density at radius 3 is 2.80 bits per heavy atom. The minimum Gasteiger partial charge on any atom is -0.490 e. The Kier molecular flexibility index (Phi) is 4.65. The smallest absolute Gasteiger partial charge is 0.204 e. The molecule has 2 rings (SSSR count). The van der Waals surface area contributed by atoms with E-state index in [-0.39, 0.29) is 12.1 Å². The monoisotopic (exact) mass is 280 g/mol. The molecule has 1 aromatic rings. The van der Waals surface area contributed by atoms with Crippen LogP contribution >= 0.6 is 0 Å². The molecule has 0 aromatic carbocycles. The van der Waals surface area contributed by atoms with Gasteiger partial charge in [-0.2, -0.15) is 0 Å². The number of aliphatic hydroxyl groups is 1. The van der Waals surface area contributed by atoms with E-state index in [0.717, 1.165) is 19.3 Å². The van der Waals surface area contributed by atoms with Gasteiger partial charge in [-0.05, 0) is 18.8 Å². The zero-order valence-corrected chi connectivity index (χ0v) is 12.4. The molecule has 6 heteroatoms. The first-order valence-electron chi connectivity index (χ1n) is 7.10. The highest BCUT2D eigenvalue weighted by Gasteiger charge is 2.35. The van der Waals surface area contributed by atoms with Crippen molar-refractivity contribution in [3.8, 4) is 5.75 Å². The summed E-state index contributed by atoms with van der Waals surface area (Å²) in [6, 6.07) is 0. The zero-order chi connectivity index (χ0) is 14.6. The topological polar surface area (TPSA) is 79.3 Å². The Labute approximate surface area is 120 Å². The van der Waals surface area contributed by atoms with Crippen LogP contribution in [0.5, 0.6) is 5.75 Å². The van der Waals surface area contributed by atoms with Crippen LogP contribution in [0, 0.1) is 5.92 Å². The first kappa shape index (κ1) is 14.8. The lowest BCUT2D eigenvalue weighted by Crippen LogP contribution is -2.46. The molecule has 1 aliphatic rings. The van der Waals surface area contributed by atoms with Crippen LogP contribution in [0.3, 0.4) is 0 Å². The molecule has 2 unspecified atom stereocenters. The highest BCUT2D eigenvalue weighted by molar-refractivity contribution is 5.64. The number of methoxy groups -OCH3 is 1. The predicted octanol–water partition coefficient (Wildman–Crippen LogP) is 1.88. The second-order valence-electron chi connectivity index (χ2n) is 5.62. The van der Waals surface area contributed by atoms with E-state index < -0.39 is 0 Å². The van der Waals surface area contributed by atoms with Gasteiger partial charge in [0.2, 0.25) is 5.75 Å². The molecule has 2 atom stereocenters. The maximum absolute atomic E-state index is 9.85. The Morgan fingerprint density at radius 1 is 1.45 bits per heavy atom. The molecule has 0 aliphatic heterocycles. The summed E-state index contributed by atoms with van der Waals surface area (Å²) in [4.78, 5) is 8.41. The van der Waals surface area contributed by atoms with Crippen molar-refractivity contribution in [2.45, 2.75) is 38.1 Å². The average Bonchev–Trinajstić information content (AvgIpc) is 2.47. The van der Waals surface area contributed by atoms with E-state index in [1.165, 1.54) is 12.7 Å². The van der Waals surface area contributed by atoms with Gasteiger partial charge in [0, 0.05) is 7.05 Å². The molecule has 1 aromatic heterocycles. The molecule has 1 fully saturated rings. The van der Waals surface area contributed by atoms with Gasteiger partial charge in [-0.1, -0.05) is 19.8 Å². The van der Waals surface area contributed by atoms with Gasteiger partial charge in [-0.25, -0.2) is 9.97 Å². The molecular formula is C14H24N4O2. The Balaban J connectivity index is 2.27. The lowest BCUT2D eigenvalue weighted by molar-refractivity contribution is 0.149. The van der Waals surface area contributed by atoms with Crippen LogP contribution in [0.4, 0.5) is 11.6 Å². The third-order valence-corrected chi connectivity index (χ3v) is 4.02. The first-order valence-corrected chi connectivity index (χ1v) is 7.10. The summed E-state index contributed by atoms with van der Waals surface area (Å²) in [5.41, 5.74) is -0.315. The van der Waals surface area contributed by atoms with Crippen LogP contribution in [0.25, 0.3) is 0 Å². The Morgan fingerprint density at radius 2 is 2.20 bits per heavy atom. The molecule has 0 radical (unpaired) electrons. The summed E-state index contributed by atoms with van der Waals surface area (Å²) >= 11 is 0. The number of anilines is 2. The summed E-state index contributed by atoms with van der Waals surface area (Å²) < 4.78 is 5.39. The number of hydrogen-bond acceptors (Lipinski definition) is 6. The molecule has 0 saturated heterocycles. The molecule has 1 aliphatic carbocycles. The summed E-state index contributed by atoms with van der Waals surface area (Å²) in [6.45, 7) is 2.32. The van der Waals surface area contributed by atoms with Gasteiger partial charge >= 0.3 is 0 Å². The van der Waals surface area contributed by atoms with E-state index in [0.29, 0.717) is 23.3 Å². The van der Waals surface area contributed by atoms with E-state index in [2.05, 4.69) is 27.5 Å². The van der Waals surface area contributed by atoms with E-state index in [1.807, 2.05) is 0 Å². The van der Waals surface area contributed by atoms with Crippen LogP contribution in [0.15, 0.2) is 6.33 Å². The van der Waals surface area contributed by atoms with Gasteiger partial charge < -0.3 is 20.5 Å². The molecular weight excluding hydrogens is 256 g/mol. The number of hydrogen-bond donors (Lipinski definition) is 3. The van der Waals surface area contributed by atoms with Crippen molar-refractivity contribution in [3.05, 3.63) is 6.33 Å². The molecule has 3 N–H and O–H groups in total. The molecule has 112 valence electrons. The van der Waals surface area contributed by atoms with Gasteiger partial charge in [-0.15, -0.1) is 0 Å². The Bertz CT molecular complexity index is 455. The normalized spacial score (nSPS) is 26.1. The lowest BCUT2D eigenvalue weighted by atomic mass is 9.77. The highest BCUT2D eigenvalue weighted by Crippen LogP contribution is 2.37. The maximum Gasteiger partial charge on any atom is 0.204 e. The third-order valence-electron chi connectivity index (χ3n) is 4.02. The summed E-state index contributed by atoms with van der Waals surface area (Å²) in [7, 11) is 3.39. The fourth-order valence-electron chi connectivity index (χ4n) is 3.04. The number of aromatic nitrogens is 2. The standard InChI is InChI=1S/C14H24N4O2/c1-10-5-4-6-14(7-10,8-19)18-13-11(20-3)12(15-2)16-9-17-13/h9-10,19H,4-8H2,1-3H3,(H2,15,16,17,18). The van der Waals surface area contributed by atoms with Crippen LogP contribution in [0.1, 0.15) is 32.6 Å². The molecule has 0 amide bonds. The van der Waals surface area contributed by atoms with Crippen molar-refractivity contribution in [1.82, 2.24) is 9.97 Å². The van der Waals surface area contributed by atoms with E-state index in [4.69, 9.17) is 4.74 Å². The fraction of sp³-hybridized carbons (Fsp3) is 0.714. The minimum absolute atomic E-state index is 0.0966. The number of ether oxygens (including phenoxy) is 1. The fourth-order valence-corrected chi connectivity index (χ4v) is 3.04. The summed E-state index contributed by atoms with van der Waals surface area (Å²) in [6.07, 6.45) is 5.70. The second-order valence-corrected chi connectivity index (χ2v) is 5.62. The van der Waals surface area contributed by atoms with Crippen molar-refractivity contribution in [1.29, 1.82) is 0 Å². The highest BCUT2D eigenvalue weighted by atomic mass is 16.5. The first-order chi connectivity index (χ1) is 9.64. The zero-order valence-electron chi connectivity index (χ0n) is 12.4. The van der Waals surface area contributed by atoms with Crippen molar-refractivity contribution in [2.24, 2.45) is 5.92 Å².